The van der Waals surface area contributed by atoms with Gasteiger partial charge in [0.15, 0.2) is 5.82 Å². The Morgan fingerprint density at radius 1 is 1.22 bits per heavy atom. The molecule has 0 N–H and O–H groups in total. The summed E-state index contributed by atoms with van der Waals surface area (Å²) in [6.07, 6.45) is 2.80. The van der Waals surface area contributed by atoms with E-state index in [1.165, 1.54) is 3.57 Å². The third-order valence-corrected chi connectivity index (χ3v) is 3.17. The average Bonchev–Trinajstić information content (AvgIpc) is 2.84. The van der Waals surface area contributed by atoms with E-state index in [2.05, 4.69) is 51.7 Å². The van der Waals surface area contributed by atoms with Crippen LogP contribution in [0.2, 0.25) is 0 Å². The standard InChI is InChI=1S/C13H16IN3O/c1-2-8-18-9-7-17-10-15-13(16-17)11-3-5-12(14)6-4-11/h3-6,10H,2,7-9H2,1H3. The number of rotatable bonds is 6. The fourth-order valence-corrected chi connectivity index (χ4v) is 1.90. The molecule has 0 spiro atoms. The van der Waals surface area contributed by atoms with Gasteiger partial charge in [-0.2, -0.15) is 5.10 Å². The molecule has 2 aromatic rings. The van der Waals surface area contributed by atoms with Gasteiger partial charge < -0.3 is 4.74 Å². The van der Waals surface area contributed by atoms with Crippen LogP contribution in [-0.4, -0.2) is 28.0 Å². The summed E-state index contributed by atoms with van der Waals surface area (Å²) >= 11 is 2.28. The first-order valence-electron chi connectivity index (χ1n) is 6.02. The van der Waals surface area contributed by atoms with Crippen LogP contribution in [0.4, 0.5) is 0 Å². The van der Waals surface area contributed by atoms with Crippen molar-refractivity contribution in [3.8, 4) is 11.4 Å². The van der Waals surface area contributed by atoms with E-state index in [1.807, 2.05) is 16.8 Å². The molecule has 0 amide bonds. The molecule has 0 aliphatic heterocycles. The topological polar surface area (TPSA) is 39.9 Å². The quantitative estimate of drug-likeness (QED) is 0.590. The van der Waals surface area contributed by atoms with Gasteiger partial charge in [-0.25, -0.2) is 4.98 Å². The zero-order valence-corrected chi connectivity index (χ0v) is 12.5. The van der Waals surface area contributed by atoms with E-state index in [-0.39, 0.29) is 0 Å². The second-order valence-electron chi connectivity index (χ2n) is 3.95. The van der Waals surface area contributed by atoms with Gasteiger partial charge in [-0.05, 0) is 41.1 Å². The Balaban J connectivity index is 1.95. The Morgan fingerprint density at radius 3 is 2.72 bits per heavy atom. The first kappa shape index (κ1) is 13.5. The van der Waals surface area contributed by atoms with Gasteiger partial charge in [-0.1, -0.05) is 19.1 Å². The highest BCUT2D eigenvalue weighted by atomic mass is 127. The zero-order valence-electron chi connectivity index (χ0n) is 10.3. The van der Waals surface area contributed by atoms with Crippen molar-refractivity contribution in [2.24, 2.45) is 0 Å². The Hall–Kier alpha value is -0.950. The van der Waals surface area contributed by atoms with E-state index in [4.69, 9.17) is 4.74 Å². The van der Waals surface area contributed by atoms with E-state index in [0.717, 1.165) is 31.0 Å². The highest BCUT2D eigenvalue weighted by Crippen LogP contribution is 2.15. The average molecular weight is 357 g/mol. The Kier molecular flexibility index (Phi) is 5.12. The molecular weight excluding hydrogens is 341 g/mol. The van der Waals surface area contributed by atoms with Crippen molar-refractivity contribution >= 4 is 22.6 Å². The number of halogens is 1. The number of ether oxygens (including phenoxy) is 1. The fraction of sp³-hybridized carbons (Fsp3) is 0.385. The van der Waals surface area contributed by atoms with E-state index in [1.54, 1.807) is 6.33 Å². The minimum atomic E-state index is 0.684. The van der Waals surface area contributed by atoms with Crippen LogP contribution >= 0.6 is 22.6 Å². The molecule has 2 rings (SSSR count). The lowest BCUT2D eigenvalue weighted by molar-refractivity contribution is 0.124. The maximum absolute atomic E-state index is 5.43. The van der Waals surface area contributed by atoms with Crippen molar-refractivity contribution in [2.45, 2.75) is 19.9 Å². The van der Waals surface area contributed by atoms with Crippen molar-refractivity contribution in [2.75, 3.05) is 13.2 Å². The largest absolute Gasteiger partial charge is 0.380 e. The van der Waals surface area contributed by atoms with Crippen molar-refractivity contribution in [1.29, 1.82) is 0 Å². The van der Waals surface area contributed by atoms with Crippen molar-refractivity contribution in [1.82, 2.24) is 14.8 Å². The monoisotopic (exact) mass is 357 g/mol. The van der Waals surface area contributed by atoms with Gasteiger partial charge in [0.25, 0.3) is 0 Å². The predicted molar refractivity (Wildman–Crippen MR) is 79.3 cm³/mol. The van der Waals surface area contributed by atoms with Crippen molar-refractivity contribution in [3.05, 3.63) is 34.2 Å². The number of benzene rings is 1. The van der Waals surface area contributed by atoms with Crippen LogP contribution in [0, 0.1) is 3.57 Å². The summed E-state index contributed by atoms with van der Waals surface area (Å²) < 4.78 is 8.46. The fourth-order valence-electron chi connectivity index (χ4n) is 1.54. The molecule has 0 atom stereocenters. The molecule has 0 radical (unpaired) electrons. The third kappa shape index (κ3) is 3.78. The second kappa shape index (κ2) is 6.84. The molecular formula is C13H16IN3O. The first-order valence-corrected chi connectivity index (χ1v) is 7.10. The molecule has 0 saturated heterocycles. The number of nitrogens with zero attached hydrogens (tertiary/aromatic N) is 3. The molecule has 0 saturated carbocycles. The molecule has 0 unspecified atom stereocenters. The van der Waals surface area contributed by atoms with Crippen LogP contribution < -0.4 is 0 Å². The molecule has 4 nitrogen and oxygen atoms in total. The summed E-state index contributed by atoms with van der Waals surface area (Å²) in [5, 5.41) is 4.43. The molecule has 0 fully saturated rings. The van der Waals surface area contributed by atoms with Gasteiger partial charge in [0, 0.05) is 15.7 Å². The highest BCUT2D eigenvalue weighted by Gasteiger charge is 2.03. The summed E-state index contributed by atoms with van der Waals surface area (Å²) in [6.45, 7) is 4.34. The first-order chi connectivity index (χ1) is 8.79. The molecule has 1 aromatic heterocycles. The Labute approximate surface area is 121 Å². The SMILES string of the molecule is CCCOCCn1cnc(-c2ccc(I)cc2)n1. The van der Waals surface area contributed by atoms with Gasteiger partial charge in [0.05, 0.1) is 13.2 Å². The summed E-state index contributed by atoms with van der Waals surface area (Å²) in [5.74, 6) is 0.766. The van der Waals surface area contributed by atoms with Crippen LogP contribution in [0.25, 0.3) is 11.4 Å². The van der Waals surface area contributed by atoms with Crippen LogP contribution in [0.5, 0.6) is 0 Å². The molecule has 18 heavy (non-hydrogen) atoms. The van der Waals surface area contributed by atoms with Crippen LogP contribution in [-0.2, 0) is 11.3 Å². The zero-order chi connectivity index (χ0) is 12.8. The minimum absolute atomic E-state index is 0.684. The number of aromatic nitrogens is 3. The van der Waals surface area contributed by atoms with Gasteiger partial charge in [-0.15, -0.1) is 0 Å². The molecule has 1 heterocycles. The van der Waals surface area contributed by atoms with Gasteiger partial charge >= 0.3 is 0 Å². The molecule has 0 bridgehead atoms. The molecule has 0 aliphatic rings. The van der Waals surface area contributed by atoms with Crippen molar-refractivity contribution < 1.29 is 4.74 Å². The maximum Gasteiger partial charge on any atom is 0.181 e. The lowest BCUT2D eigenvalue weighted by Gasteiger charge is -2.01. The predicted octanol–water partition coefficient (Wildman–Crippen LogP) is 2.98. The van der Waals surface area contributed by atoms with E-state index in [0.29, 0.717) is 6.61 Å². The maximum atomic E-state index is 5.43. The van der Waals surface area contributed by atoms with Crippen LogP contribution in [0.1, 0.15) is 13.3 Å². The minimum Gasteiger partial charge on any atom is -0.380 e. The normalized spacial score (nSPS) is 10.8. The molecule has 96 valence electrons. The molecule has 5 heteroatoms. The van der Waals surface area contributed by atoms with Crippen LogP contribution in [0.15, 0.2) is 30.6 Å². The Morgan fingerprint density at radius 2 is 2.00 bits per heavy atom. The number of hydrogen-bond donors (Lipinski definition) is 0. The highest BCUT2D eigenvalue weighted by molar-refractivity contribution is 14.1. The summed E-state index contributed by atoms with van der Waals surface area (Å²) in [7, 11) is 0. The summed E-state index contributed by atoms with van der Waals surface area (Å²) in [5.41, 5.74) is 1.05. The van der Waals surface area contributed by atoms with E-state index >= 15 is 0 Å². The Bertz CT molecular complexity index is 481. The lowest BCUT2D eigenvalue weighted by atomic mass is 10.2. The van der Waals surface area contributed by atoms with E-state index in [9.17, 15) is 0 Å². The number of hydrogen-bond acceptors (Lipinski definition) is 3. The van der Waals surface area contributed by atoms with Gasteiger partial charge in [0.2, 0.25) is 0 Å². The van der Waals surface area contributed by atoms with Gasteiger partial charge in [0.1, 0.15) is 6.33 Å². The van der Waals surface area contributed by atoms with Gasteiger partial charge in [-0.3, -0.25) is 4.68 Å². The third-order valence-electron chi connectivity index (χ3n) is 2.45. The summed E-state index contributed by atoms with van der Waals surface area (Å²) in [4.78, 5) is 4.31. The lowest BCUT2D eigenvalue weighted by Crippen LogP contribution is -2.07. The molecule has 1 aromatic carbocycles. The van der Waals surface area contributed by atoms with Crippen LogP contribution in [0.3, 0.4) is 0 Å². The van der Waals surface area contributed by atoms with E-state index < -0.39 is 0 Å². The van der Waals surface area contributed by atoms with Crippen molar-refractivity contribution in [3.63, 3.8) is 0 Å². The molecule has 0 aliphatic carbocycles. The smallest absolute Gasteiger partial charge is 0.181 e. The summed E-state index contributed by atoms with van der Waals surface area (Å²) in [6, 6.07) is 8.19. The second-order valence-corrected chi connectivity index (χ2v) is 5.20.